The number of rotatable bonds is 0. The van der Waals surface area contributed by atoms with Crippen LogP contribution in [0.15, 0.2) is 18.2 Å². The van der Waals surface area contributed by atoms with Crippen LogP contribution in [0.4, 0.5) is 13.2 Å². The van der Waals surface area contributed by atoms with Gasteiger partial charge in [-0.2, -0.15) is 18.4 Å². The summed E-state index contributed by atoms with van der Waals surface area (Å²) in [6.07, 6.45) is -4.19. The topological polar surface area (TPSA) is 40.9 Å². The van der Waals surface area contributed by atoms with Crippen LogP contribution in [0.1, 0.15) is 16.7 Å². The largest absolute Gasteiger partial charge is 0.416 e. The first-order chi connectivity index (χ1) is 7.49. The van der Waals surface area contributed by atoms with Gasteiger partial charge in [0.1, 0.15) is 6.07 Å². The molecule has 1 rings (SSSR count). The molecule has 1 aromatic rings. The van der Waals surface area contributed by atoms with Crippen molar-refractivity contribution in [3.63, 3.8) is 0 Å². The van der Waals surface area contributed by atoms with Gasteiger partial charge in [-0.1, -0.05) is 5.92 Å². The fourth-order valence-electron chi connectivity index (χ4n) is 1.03. The van der Waals surface area contributed by atoms with Crippen molar-refractivity contribution in [3.05, 3.63) is 34.9 Å². The predicted octanol–water partition coefficient (Wildman–Crippen LogP) is 2.13. The number of hydrogen-bond acceptors (Lipinski definition) is 2. The molecule has 0 atom stereocenters. The number of hydrogen-bond donors (Lipinski definition) is 0. The first-order valence-corrected chi connectivity index (χ1v) is 4.05. The lowest BCUT2D eigenvalue weighted by molar-refractivity contribution is -0.137. The second-order valence-electron chi connectivity index (χ2n) is 2.76. The van der Waals surface area contributed by atoms with Gasteiger partial charge >= 0.3 is 6.18 Å². The van der Waals surface area contributed by atoms with Crippen molar-refractivity contribution < 1.29 is 18.0 Å². The summed E-state index contributed by atoms with van der Waals surface area (Å²) >= 11 is 0. The molecule has 0 heterocycles. The summed E-state index contributed by atoms with van der Waals surface area (Å²) in [6, 6.07) is 4.18. The molecule has 5 heteroatoms. The van der Waals surface area contributed by atoms with Crippen LogP contribution in [0.2, 0.25) is 0 Å². The van der Waals surface area contributed by atoms with Crippen LogP contribution in [-0.4, -0.2) is 6.29 Å². The summed E-state index contributed by atoms with van der Waals surface area (Å²) in [7, 11) is 0. The molecule has 0 saturated heterocycles. The lowest BCUT2D eigenvalue weighted by Gasteiger charge is -2.06. The summed E-state index contributed by atoms with van der Waals surface area (Å²) in [5.74, 6) is 4.32. The van der Waals surface area contributed by atoms with E-state index in [4.69, 9.17) is 5.26 Å². The van der Waals surface area contributed by atoms with Gasteiger partial charge in [-0.25, -0.2) is 0 Å². The van der Waals surface area contributed by atoms with Gasteiger partial charge < -0.3 is 0 Å². The van der Waals surface area contributed by atoms with Gasteiger partial charge in [0.05, 0.1) is 11.1 Å². The highest BCUT2D eigenvalue weighted by Gasteiger charge is 2.30. The van der Waals surface area contributed by atoms with E-state index < -0.39 is 11.7 Å². The van der Waals surface area contributed by atoms with E-state index in [0.717, 1.165) is 12.1 Å². The second-order valence-corrected chi connectivity index (χ2v) is 2.76. The fourth-order valence-corrected chi connectivity index (χ4v) is 1.03. The maximum absolute atomic E-state index is 12.3. The molecule has 0 N–H and O–H groups in total. The number of aldehydes is 1. The Balaban J connectivity index is 3.29. The molecule has 0 radical (unpaired) electrons. The third-order valence-electron chi connectivity index (χ3n) is 1.73. The first-order valence-electron chi connectivity index (χ1n) is 4.05. The Morgan fingerprint density at radius 2 is 1.94 bits per heavy atom. The molecular weight excluding hydrogens is 219 g/mol. The number of alkyl halides is 3. The van der Waals surface area contributed by atoms with E-state index in [0.29, 0.717) is 12.4 Å². The third-order valence-corrected chi connectivity index (χ3v) is 1.73. The van der Waals surface area contributed by atoms with Crippen LogP contribution in [0.3, 0.4) is 0 Å². The summed E-state index contributed by atoms with van der Waals surface area (Å²) < 4.78 is 36.9. The fraction of sp³-hybridized carbons (Fsp3) is 0.0909. The third kappa shape index (κ3) is 2.61. The van der Waals surface area contributed by atoms with E-state index in [-0.39, 0.29) is 11.1 Å². The molecule has 0 fully saturated rings. The predicted molar refractivity (Wildman–Crippen MR) is 49.1 cm³/mol. The molecule has 80 valence electrons. The highest BCUT2D eigenvalue weighted by Crippen LogP contribution is 2.30. The number of nitriles is 1. The number of carbonyl (C=O) groups is 1. The minimum absolute atomic E-state index is 0.0996. The molecule has 0 bridgehead atoms. The lowest BCUT2D eigenvalue weighted by Crippen LogP contribution is -2.05. The highest BCUT2D eigenvalue weighted by molar-refractivity contribution is 5.74. The van der Waals surface area contributed by atoms with Crippen molar-refractivity contribution in [2.45, 2.75) is 6.18 Å². The van der Waals surface area contributed by atoms with Gasteiger partial charge in [0.2, 0.25) is 0 Å². The number of carbonyl (C=O) groups excluding carboxylic acids is 1. The Hall–Kier alpha value is -2.27. The van der Waals surface area contributed by atoms with Crippen molar-refractivity contribution in [1.29, 1.82) is 5.26 Å². The van der Waals surface area contributed by atoms with Gasteiger partial charge in [-0.15, -0.1) is 0 Å². The SMILES string of the molecule is N#Cc1cc(C(F)(F)F)ccc1C#CC=O. The summed E-state index contributed by atoms with van der Waals surface area (Å²) in [5, 5.41) is 8.63. The summed E-state index contributed by atoms with van der Waals surface area (Å²) in [4.78, 5) is 9.97. The minimum Gasteiger partial charge on any atom is -0.289 e. The monoisotopic (exact) mass is 223 g/mol. The van der Waals surface area contributed by atoms with Crippen LogP contribution < -0.4 is 0 Å². The summed E-state index contributed by atoms with van der Waals surface area (Å²) in [6.45, 7) is 0. The molecule has 0 aliphatic heterocycles. The van der Waals surface area contributed by atoms with Crippen molar-refractivity contribution in [2.24, 2.45) is 0 Å². The van der Waals surface area contributed by atoms with Crippen LogP contribution in [-0.2, 0) is 11.0 Å². The zero-order valence-electron chi connectivity index (χ0n) is 7.80. The van der Waals surface area contributed by atoms with E-state index in [2.05, 4.69) is 5.92 Å². The van der Waals surface area contributed by atoms with Gasteiger partial charge in [-0.3, -0.25) is 4.79 Å². The van der Waals surface area contributed by atoms with Crippen molar-refractivity contribution in [1.82, 2.24) is 0 Å². The lowest BCUT2D eigenvalue weighted by atomic mass is 10.0. The molecule has 0 amide bonds. The molecule has 16 heavy (non-hydrogen) atoms. The Morgan fingerprint density at radius 3 is 2.44 bits per heavy atom. The highest BCUT2D eigenvalue weighted by atomic mass is 19.4. The Bertz CT molecular complexity index is 515. The average molecular weight is 223 g/mol. The molecule has 0 aliphatic rings. The second kappa shape index (κ2) is 4.50. The molecule has 0 spiro atoms. The van der Waals surface area contributed by atoms with Crippen LogP contribution in [0, 0.1) is 23.2 Å². The standard InChI is InChI=1S/C11H4F3NO/c12-11(13,14)10-4-3-8(2-1-5-16)9(6-10)7-15/h3-6H. The van der Waals surface area contributed by atoms with Gasteiger partial charge in [0.25, 0.3) is 0 Å². The normalized spacial score (nSPS) is 9.88. The average Bonchev–Trinajstić information content (AvgIpc) is 2.24. The smallest absolute Gasteiger partial charge is 0.289 e. The van der Waals surface area contributed by atoms with E-state index in [1.807, 2.05) is 5.92 Å². The van der Waals surface area contributed by atoms with E-state index >= 15 is 0 Å². The van der Waals surface area contributed by atoms with E-state index in [1.165, 1.54) is 0 Å². The van der Waals surface area contributed by atoms with Crippen LogP contribution in [0.25, 0.3) is 0 Å². The number of benzene rings is 1. The Morgan fingerprint density at radius 1 is 1.25 bits per heavy atom. The molecule has 0 saturated carbocycles. The minimum atomic E-state index is -4.50. The maximum atomic E-state index is 12.3. The van der Waals surface area contributed by atoms with Crippen molar-refractivity contribution >= 4 is 6.29 Å². The molecule has 2 nitrogen and oxygen atoms in total. The van der Waals surface area contributed by atoms with Crippen LogP contribution in [0.5, 0.6) is 0 Å². The van der Waals surface area contributed by atoms with Crippen molar-refractivity contribution in [3.8, 4) is 17.9 Å². The number of halogens is 3. The first kappa shape index (κ1) is 11.8. The maximum Gasteiger partial charge on any atom is 0.416 e. The van der Waals surface area contributed by atoms with E-state index in [1.54, 1.807) is 6.07 Å². The molecule has 0 aromatic heterocycles. The zero-order chi connectivity index (χ0) is 12.2. The van der Waals surface area contributed by atoms with Gasteiger partial charge in [0.15, 0.2) is 6.29 Å². The molecule has 0 unspecified atom stereocenters. The van der Waals surface area contributed by atoms with Gasteiger partial charge in [0, 0.05) is 5.56 Å². The van der Waals surface area contributed by atoms with Crippen molar-refractivity contribution in [2.75, 3.05) is 0 Å². The number of nitrogens with zero attached hydrogens (tertiary/aromatic N) is 1. The summed E-state index contributed by atoms with van der Waals surface area (Å²) in [5.41, 5.74) is -1.02. The quantitative estimate of drug-likeness (QED) is 0.499. The zero-order valence-corrected chi connectivity index (χ0v) is 7.80. The Labute approximate surface area is 89.3 Å². The van der Waals surface area contributed by atoms with Gasteiger partial charge in [-0.05, 0) is 24.1 Å². The van der Waals surface area contributed by atoms with E-state index in [9.17, 15) is 18.0 Å². The Kier molecular flexibility index (Phi) is 3.32. The van der Waals surface area contributed by atoms with Crippen LogP contribution >= 0.6 is 0 Å². The molecule has 1 aromatic carbocycles. The molecule has 0 aliphatic carbocycles. The molecular formula is C11H4F3NO.